The Morgan fingerprint density at radius 3 is 3.15 bits per heavy atom. The average molecular weight is 278 g/mol. The lowest BCUT2D eigenvalue weighted by atomic mass is 9.69. The lowest BCUT2D eigenvalue weighted by molar-refractivity contribution is -0.154. The molecule has 6 heteroatoms. The van der Waals surface area contributed by atoms with Crippen LogP contribution in [-0.2, 0) is 17.9 Å². The molecule has 0 amide bonds. The molecule has 6 nitrogen and oxygen atoms in total. The van der Waals surface area contributed by atoms with E-state index in [1.807, 2.05) is 4.57 Å². The zero-order valence-electron chi connectivity index (χ0n) is 12.0. The van der Waals surface area contributed by atoms with Crippen LogP contribution in [0.4, 0.5) is 0 Å². The number of aliphatic carboxylic acids is 1. The molecule has 2 heterocycles. The molecule has 110 valence electrons. The van der Waals surface area contributed by atoms with Crippen LogP contribution in [0.3, 0.4) is 0 Å². The molecule has 1 N–H and O–H groups in total. The summed E-state index contributed by atoms with van der Waals surface area (Å²) in [6, 6.07) is 0. The second-order valence-corrected chi connectivity index (χ2v) is 6.44. The van der Waals surface area contributed by atoms with Gasteiger partial charge in [0.05, 0.1) is 12.0 Å². The average Bonchev–Trinajstić information content (AvgIpc) is 2.86. The van der Waals surface area contributed by atoms with E-state index in [1.165, 1.54) is 0 Å². The number of hydrogen-bond donors (Lipinski definition) is 1. The first-order valence-electron chi connectivity index (χ1n) is 7.41. The Hall–Kier alpha value is -1.43. The quantitative estimate of drug-likeness (QED) is 0.904. The zero-order chi connectivity index (χ0) is 14.2. The van der Waals surface area contributed by atoms with Crippen LogP contribution in [0.15, 0.2) is 6.33 Å². The Kier molecular flexibility index (Phi) is 3.50. The van der Waals surface area contributed by atoms with Gasteiger partial charge in [0.15, 0.2) is 0 Å². The molecule has 0 spiro atoms. The number of rotatable bonds is 3. The van der Waals surface area contributed by atoms with Crippen LogP contribution in [-0.4, -0.2) is 43.8 Å². The smallest absolute Gasteiger partial charge is 0.310 e. The van der Waals surface area contributed by atoms with Gasteiger partial charge >= 0.3 is 5.97 Å². The van der Waals surface area contributed by atoms with Gasteiger partial charge in [0.25, 0.3) is 0 Å². The highest BCUT2D eigenvalue weighted by Gasteiger charge is 2.43. The van der Waals surface area contributed by atoms with Crippen LogP contribution < -0.4 is 0 Å². The number of fused-ring (bicyclic) bond motifs is 1. The van der Waals surface area contributed by atoms with E-state index in [9.17, 15) is 9.90 Å². The van der Waals surface area contributed by atoms with E-state index in [2.05, 4.69) is 22.0 Å². The number of carbonyl (C=O) groups is 1. The Labute approximate surface area is 118 Å². The molecule has 0 bridgehead atoms. The van der Waals surface area contributed by atoms with Crippen LogP contribution in [0, 0.1) is 11.3 Å². The van der Waals surface area contributed by atoms with Crippen LogP contribution in [0.1, 0.15) is 38.4 Å². The molecule has 1 saturated carbocycles. The maximum atomic E-state index is 11.8. The largest absolute Gasteiger partial charge is 0.481 e. The SMILES string of the molecule is CC1CCCC(CN2CCn3cnnc3C2)(C(=O)O)C1. The van der Waals surface area contributed by atoms with E-state index in [-0.39, 0.29) is 0 Å². The predicted octanol–water partition coefficient (Wildman–Crippen LogP) is 1.37. The van der Waals surface area contributed by atoms with E-state index in [4.69, 9.17) is 0 Å². The summed E-state index contributed by atoms with van der Waals surface area (Å²) in [6.07, 6.45) is 5.53. The molecule has 2 unspecified atom stereocenters. The lowest BCUT2D eigenvalue weighted by Gasteiger charge is -2.41. The van der Waals surface area contributed by atoms with E-state index in [1.54, 1.807) is 6.33 Å². The normalized spacial score (nSPS) is 30.9. The fraction of sp³-hybridized carbons (Fsp3) is 0.786. The molecule has 0 radical (unpaired) electrons. The Bertz CT molecular complexity index is 501. The van der Waals surface area contributed by atoms with E-state index in [0.717, 1.165) is 44.6 Å². The van der Waals surface area contributed by atoms with Crippen molar-refractivity contribution in [2.45, 2.75) is 45.7 Å². The third-order valence-corrected chi connectivity index (χ3v) is 4.79. The van der Waals surface area contributed by atoms with Crippen molar-refractivity contribution in [3.63, 3.8) is 0 Å². The van der Waals surface area contributed by atoms with Gasteiger partial charge < -0.3 is 9.67 Å². The van der Waals surface area contributed by atoms with Crippen molar-refractivity contribution in [1.29, 1.82) is 0 Å². The first kappa shape index (κ1) is 13.5. The monoisotopic (exact) mass is 278 g/mol. The maximum absolute atomic E-state index is 11.8. The second-order valence-electron chi connectivity index (χ2n) is 6.44. The highest BCUT2D eigenvalue weighted by Crippen LogP contribution is 2.40. The standard InChI is InChI=1S/C14H22N4O2/c1-11-3-2-4-14(7-11,13(19)20)9-17-5-6-18-10-15-16-12(18)8-17/h10-11H,2-9H2,1H3,(H,19,20). The summed E-state index contributed by atoms with van der Waals surface area (Å²) in [7, 11) is 0. The van der Waals surface area contributed by atoms with Crippen LogP contribution in [0.5, 0.6) is 0 Å². The number of carboxylic acid groups (broad SMARTS) is 1. The number of aromatic nitrogens is 3. The van der Waals surface area contributed by atoms with E-state index >= 15 is 0 Å². The van der Waals surface area contributed by atoms with Crippen LogP contribution in [0.2, 0.25) is 0 Å². The first-order valence-corrected chi connectivity index (χ1v) is 7.41. The molecule has 1 aliphatic carbocycles. The summed E-state index contributed by atoms with van der Waals surface area (Å²) in [4.78, 5) is 14.1. The lowest BCUT2D eigenvalue weighted by Crippen LogP contribution is -2.47. The minimum atomic E-state index is -0.629. The van der Waals surface area contributed by atoms with Crippen LogP contribution in [0.25, 0.3) is 0 Å². The van der Waals surface area contributed by atoms with Crippen molar-refractivity contribution in [2.24, 2.45) is 11.3 Å². The molecule has 2 atom stereocenters. The minimum Gasteiger partial charge on any atom is -0.481 e. The van der Waals surface area contributed by atoms with Gasteiger partial charge in [-0.3, -0.25) is 9.69 Å². The summed E-state index contributed by atoms with van der Waals surface area (Å²) in [6.45, 7) is 5.26. The molecule has 2 aliphatic rings. The minimum absolute atomic E-state index is 0.508. The Morgan fingerprint density at radius 1 is 1.55 bits per heavy atom. The van der Waals surface area contributed by atoms with Gasteiger partial charge in [-0.1, -0.05) is 19.8 Å². The molecule has 1 aromatic rings. The highest BCUT2D eigenvalue weighted by molar-refractivity contribution is 5.75. The highest BCUT2D eigenvalue weighted by atomic mass is 16.4. The topological polar surface area (TPSA) is 71.2 Å². The van der Waals surface area contributed by atoms with Gasteiger partial charge in [0.2, 0.25) is 0 Å². The summed E-state index contributed by atoms with van der Waals surface area (Å²) < 4.78 is 2.05. The van der Waals surface area contributed by atoms with Gasteiger partial charge in [-0.15, -0.1) is 10.2 Å². The van der Waals surface area contributed by atoms with Gasteiger partial charge in [0.1, 0.15) is 12.2 Å². The van der Waals surface area contributed by atoms with Gasteiger partial charge in [0, 0.05) is 19.6 Å². The molecule has 20 heavy (non-hydrogen) atoms. The molecule has 0 aromatic carbocycles. The number of nitrogens with zero attached hydrogens (tertiary/aromatic N) is 4. The Balaban J connectivity index is 1.73. The van der Waals surface area contributed by atoms with Gasteiger partial charge in [-0.25, -0.2) is 0 Å². The summed E-state index contributed by atoms with van der Waals surface area (Å²) in [5.41, 5.74) is -0.570. The number of hydrogen-bond acceptors (Lipinski definition) is 4. The number of carboxylic acids is 1. The van der Waals surface area contributed by atoms with E-state index < -0.39 is 11.4 Å². The molecular weight excluding hydrogens is 256 g/mol. The first-order chi connectivity index (χ1) is 9.59. The zero-order valence-corrected chi connectivity index (χ0v) is 12.0. The molecular formula is C14H22N4O2. The fourth-order valence-electron chi connectivity index (χ4n) is 3.74. The van der Waals surface area contributed by atoms with Crippen molar-refractivity contribution in [1.82, 2.24) is 19.7 Å². The summed E-state index contributed by atoms with van der Waals surface area (Å²) in [5, 5.41) is 17.8. The summed E-state index contributed by atoms with van der Waals surface area (Å²) >= 11 is 0. The molecule has 1 fully saturated rings. The van der Waals surface area contributed by atoms with E-state index in [0.29, 0.717) is 19.0 Å². The second kappa shape index (κ2) is 5.16. The summed E-state index contributed by atoms with van der Waals surface area (Å²) in [5.74, 6) is 0.824. The maximum Gasteiger partial charge on any atom is 0.310 e. The van der Waals surface area contributed by atoms with Crippen molar-refractivity contribution < 1.29 is 9.90 Å². The molecule has 1 aromatic heterocycles. The molecule has 3 rings (SSSR count). The van der Waals surface area contributed by atoms with Crippen molar-refractivity contribution >= 4 is 5.97 Å². The Morgan fingerprint density at radius 2 is 2.40 bits per heavy atom. The van der Waals surface area contributed by atoms with Crippen molar-refractivity contribution in [3.05, 3.63) is 12.2 Å². The molecule has 1 aliphatic heterocycles. The van der Waals surface area contributed by atoms with Crippen molar-refractivity contribution in [3.8, 4) is 0 Å². The van der Waals surface area contributed by atoms with Gasteiger partial charge in [-0.2, -0.15) is 0 Å². The third kappa shape index (κ3) is 2.44. The van der Waals surface area contributed by atoms with Crippen molar-refractivity contribution in [2.75, 3.05) is 13.1 Å². The third-order valence-electron chi connectivity index (χ3n) is 4.79. The van der Waals surface area contributed by atoms with Gasteiger partial charge in [-0.05, 0) is 18.8 Å². The van der Waals surface area contributed by atoms with Crippen LogP contribution >= 0.6 is 0 Å². The predicted molar refractivity (Wildman–Crippen MR) is 73.0 cm³/mol. The fourth-order valence-corrected chi connectivity index (χ4v) is 3.74. The molecule has 0 saturated heterocycles.